The average Bonchev–Trinajstić information content (AvgIpc) is 2.45. The van der Waals surface area contributed by atoms with Crippen molar-refractivity contribution in [3.8, 4) is 0 Å². The van der Waals surface area contributed by atoms with E-state index in [4.69, 9.17) is 5.26 Å². The van der Waals surface area contributed by atoms with Gasteiger partial charge in [-0.3, -0.25) is 19.6 Å². The Morgan fingerprint density at radius 1 is 0.818 bits per heavy atom. The molecular formula is C14H20O8. The summed E-state index contributed by atoms with van der Waals surface area (Å²) in [6, 6.07) is 0. The van der Waals surface area contributed by atoms with Gasteiger partial charge in [0.15, 0.2) is 0 Å². The lowest BCUT2D eigenvalue weighted by molar-refractivity contribution is -0.255. The summed E-state index contributed by atoms with van der Waals surface area (Å²) in [7, 11) is 0. The molecule has 0 aromatic heterocycles. The highest BCUT2D eigenvalue weighted by Crippen LogP contribution is 2.50. The zero-order chi connectivity index (χ0) is 16.4. The molecule has 0 aromatic carbocycles. The molecular weight excluding hydrogens is 296 g/mol. The Bertz CT molecular complexity index is 462. The monoisotopic (exact) mass is 316 g/mol. The van der Waals surface area contributed by atoms with E-state index in [1.165, 1.54) is 0 Å². The second kappa shape index (κ2) is 6.62. The predicted molar refractivity (Wildman–Crippen MR) is 70.9 cm³/mol. The van der Waals surface area contributed by atoms with Crippen molar-refractivity contribution in [3.63, 3.8) is 0 Å². The van der Waals surface area contributed by atoms with Crippen LogP contribution < -0.4 is 0 Å². The largest absolute Gasteiger partial charge is 0.481 e. The van der Waals surface area contributed by atoms with E-state index >= 15 is 0 Å². The lowest BCUT2D eigenvalue weighted by atomic mass is 9.56. The van der Waals surface area contributed by atoms with E-state index in [0.717, 1.165) is 0 Å². The fraction of sp³-hybridized carbons (Fsp3) is 0.786. The Morgan fingerprint density at radius 2 is 1.36 bits per heavy atom. The van der Waals surface area contributed by atoms with Crippen LogP contribution in [0.25, 0.3) is 0 Å². The smallest absolute Gasteiger partial charge is 0.306 e. The summed E-state index contributed by atoms with van der Waals surface area (Å²) in [5.41, 5.74) is 0. The molecule has 2 fully saturated rings. The first kappa shape index (κ1) is 16.7. The second-order valence-corrected chi connectivity index (χ2v) is 6.36. The first-order chi connectivity index (χ1) is 10.3. The fourth-order valence-electron chi connectivity index (χ4n) is 4.21. The topological polar surface area (TPSA) is 141 Å². The Kier molecular flexibility index (Phi) is 5.02. The molecule has 0 aromatic rings. The Hall–Kier alpha value is -1.67. The number of carboxylic acids is 3. The summed E-state index contributed by atoms with van der Waals surface area (Å²) in [5.74, 6) is -6.82. The van der Waals surface area contributed by atoms with E-state index in [1.54, 1.807) is 0 Å². The molecule has 0 spiro atoms. The van der Waals surface area contributed by atoms with Gasteiger partial charge < -0.3 is 15.3 Å². The highest BCUT2D eigenvalue weighted by Gasteiger charge is 2.51. The zero-order valence-corrected chi connectivity index (χ0v) is 11.9. The normalized spacial score (nSPS) is 38.0. The fourth-order valence-corrected chi connectivity index (χ4v) is 4.21. The van der Waals surface area contributed by atoms with Gasteiger partial charge in [0, 0.05) is 0 Å². The third kappa shape index (κ3) is 3.22. The molecule has 0 heterocycles. The lowest BCUT2D eigenvalue weighted by Gasteiger charge is -2.46. The highest BCUT2D eigenvalue weighted by molar-refractivity contribution is 5.76. The van der Waals surface area contributed by atoms with Crippen molar-refractivity contribution >= 4 is 17.9 Å². The summed E-state index contributed by atoms with van der Waals surface area (Å²) in [5, 5.41) is 36.6. The van der Waals surface area contributed by atoms with E-state index in [1.807, 2.05) is 0 Å². The molecule has 2 rings (SSSR count). The minimum Gasteiger partial charge on any atom is -0.481 e. The second-order valence-electron chi connectivity index (χ2n) is 6.36. The van der Waals surface area contributed by atoms with Gasteiger partial charge in [-0.25, -0.2) is 4.89 Å². The van der Waals surface area contributed by atoms with Gasteiger partial charge in [0.25, 0.3) is 0 Å². The maximum Gasteiger partial charge on any atom is 0.306 e. The van der Waals surface area contributed by atoms with E-state index in [-0.39, 0.29) is 31.8 Å². The number of aliphatic carboxylic acids is 3. The molecule has 0 saturated heterocycles. The van der Waals surface area contributed by atoms with Gasteiger partial charge in [-0.1, -0.05) is 0 Å². The van der Waals surface area contributed by atoms with Crippen molar-refractivity contribution in [3.05, 3.63) is 0 Å². The third-order valence-corrected chi connectivity index (χ3v) is 5.17. The molecule has 2 aliphatic carbocycles. The van der Waals surface area contributed by atoms with Crippen molar-refractivity contribution in [2.75, 3.05) is 6.61 Å². The number of rotatable bonds is 5. The molecule has 0 aliphatic heterocycles. The van der Waals surface area contributed by atoms with Crippen LogP contribution in [0.4, 0.5) is 0 Å². The minimum atomic E-state index is -1.09. The first-order valence-electron chi connectivity index (χ1n) is 7.29. The zero-order valence-electron chi connectivity index (χ0n) is 11.9. The first-order valence-corrected chi connectivity index (χ1v) is 7.29. The number of carbonyl (C=O) groups is 3. The van der Waals surface area contributed by atoms with E-state index < -0.39 is 47.5 Å². The molecule has 0 radical (unpaired) electrons. The number of fused-ring (bicyclic) bond motifs is 1. The van der Waals surface area contributed by atoms with Crippen LogP contribution in [-0.2, 0) is 19.3 Å². The standard InChI is InChI=1S/C14H20O8/c15-12(16)7-3-9-8(11(4-7)14(19)20)1-6(5-22-21)2-10(9)13(17)18/h6-11,21H,1-5H2,(H,15,16)(H,17,18)(H,19,20). The van der Waals surface area contributed by atoms with Crippen LogP contribution in [0.15, 0.2) is 0 Å². The quantitative estimate of drug-likeness (QED) is 0.435. The van der Waals surface area contributed by atoms with Crippen molar-refractivity contribution in [1.82, 2.24) is 0 Å². The maximum absolute atomic E-state index is 11.5. The van der Waals surface area contributed by atoms with Crippen LogP contribution in [0.1, 0.15) is 25.7 Å². The van der Waals surface area contributed by atoms with Gasteiger partial charge in [0.1, 0.15) is 0 Å². The highest BCUT2D eigenvalue weighted by atomic mass is 17.1. The summed E-state index contributed by atoms with van der Waals surface area (Å²) in [6.45, 7) is -0.0400. The Morgan fingerprint density at radius 3 is 1.86 bits per heavy atom. The number of hydrogen-bond donors (Lipinski definition) is 4. The summed E-state index contributed by atoms with van der Waals surface area (Å²) in [4.78, 5) is 38.4. The van der Waals surface area contributed by atoms with Crippen LogP contribution in [-0.4, -0.2) is 45.1 Å². The summed E-state index contributed by atoms with van der Waals surface area (Å²) < 4.78 is 0. The maximum atomic E-state index is 11.5. The van der Waals surface area contributed by atoms with Crippen molar-refractivity contribution in [2.45, 2.75) is 25.7 Å². The van der Waals surface area contributed by atoms with E-state index in [0.29, 0.717) is 6.42 Å². The van der Waals surface area contributed by atoms with Crippen LogP contribution in [0.2, 0.25) is 0 Å². The van der Waals surface area contributed by atoms with E-state index in [2.05, 4.69) is 4.89 Å². The molecule has 0 amide bonds. The van der Waals surface area contributed by atoms with Crippen LogP contribution in [0.3, 0.4) is 0 Å². The van der Waals surface area contributed by atoms with Gasteiger partial charge in [-0.15, -0.1) is 0 Å². The van der Waals surface area contributed by atoms with Gasteiger partial charge in [-0.05, 0) is 43.4 Å². The Balaban J connectivity index is 2.29. The van der Waals surface area contributed by atoms with Gasteiger partial charge in [0.05, 0.1) is 24.4 Å². The lowest BCUT2D eigenvalue weighted by Crippen LogP contribution is -2.48. The SMILES string of the molecule is O=C(O)C1CC(C(=O)O)C2CC(COO)CC(C(=O)O)C2C1. The van der Waals surface area contributed by atoms with Gasteiger partial charge in [-0.2, -0.15) is 0 Å². The minimum absolute atomic E-state index is 0.0187. The van der Waals surface area contributed by atoms with Crippen LogP contribution in [0.5, 0.6) is 0 Å². The van der Waals surface area contributed by atoms with Crippen molar-refractivity contribution in [2.24, 2.45) is 35.5 Å². The third-order valence-electron chi connectivity index (χ3n) is 5.17. The molecule has 6 unspecified atom stereocenters. The predicted octanol–water partition coefficient (Wildman–Crippen LogP) is 1.01. The van der Waals surface area contributed by atoms with Crippen LogP contribution in [0, 0.1) is 35.5 Å². The summed E-state index contributed by atoms with van der Waals surface area (Å²) >= 11 is 0. The molecule has 8 nitrogen and oxygen atoms in total. The molecule has 6 atom stereocenters. The van der Waals surface area contributed by atoms with Gasteiger partial charge in [0.2, 0.25) is 0 Å². The van der Waals surface area contributed by atoms with Crippen molar-refractivity contribution in [1.29, 1.82) is 0 Å². The Labute approximate surface area is 126 Å². The number of hydrogen-bond acceptors (Lipinski definition) is 5. The molecule has 124 valence electrons. The number of carboxylic acid groups (broad SMARTS) is 3. The van der Waals surface area contributed by atoms with Crippen molar-refractivity contribution < 1.29 is 39.8 Å². The molecule has 22 heavy (non-hydrogen) atoms. The average molecular weight is 316 g/mol. The van der Waals surface area contributed by atoms with Crippen LogP contribution >= 0.6 is 0 Å². The van der Waals surface area contributed by atoms with Gasteiger partial charge >= 0.3 is 17.9 Å². The molecule has 2 aliphatic rings. The summed E-state index contributed by atoms with van der Waals surface area (Å²) in [6.07, 6.45) is 0.895. The molecule has 4 N–H and O–H groups in total. The molecule has 2 saturated carbocycles. The molecule has 8 heteroatoms. The molecule has 0 bridgehead atoms. The van der Waals surface area contributed by atoms with E-state index in [9.17, 15) is 29.7 Å².